The lowest BCUT2D eigenvalue weighted by atomic mass is 10.1. The van der Waals surface area contributed by atoms with Gasteiger partial charge in [0.15, 0.2) is 0 Å². The molecule has 0 atom stereocenters. The minimum Gasteiger partial charge on any atom is -0.372 e. The third-order valence-electron chi connectivity index (χ3n) is 4.48. The summed E-state index contributed by atoms with van der Waals surface area (Å²) >= 11 is 0. The number of hydrogen-bond acceptors (Lipinski definition) is 5. The molecule has 0 unspecified atom stereocenters. The van der Waals surface area contributed by atoms with Gasteiger partial charge in [-0.2, -0.15) is 0 Å². The van der Waals surface area contributed by atoms with Crippen molar-refractivity contribution in [3.8, 4) is 0 Å². The van der Waals surface area contributed by atoms with Crippen molar-refractivity contribution >= 4 is 21.4 Å². The van der Waals surface area contributed by atoms with Crippen molar-refractivity contribution in [2.45, 2.75) is 30.7 Å². The maximum absolute atomic E-state index is 12.3. The van der Waals surface area contributed by atoms with Gasteiger partial charge >= 0.3 is 0 Å². The van der Waals surface area contributed by atoms with Gasteiger partial charge in [-0.3, -0.25) is 10.1 Å². The molecule has 1 saturated heterocycles. The zero-order chi connectivity index (χ0) is 18.6. The Bertz CT molecular complexity index is 858. The highest BCUT2D eigenvalue weighted by molar-refractivity contribution is 7.89. The minimum atomic E-state index is -3.71. The van der Waals surface area contributed by atoms with Gasteiger partial charge in [-0.25, -0.2) is 13.1 Å². The Balaban J connectivity index is 1.62. The largest absolute Gasteiger partial charge is 0.372 e. The molecule has 0 saturated carbocycles. The summed E-state index contributed by atoms with van der Waals surface area (Å²) in [5.74, 6) is 0. The molecule has 0 amide bonds. The van der Waals surface area contributed by atoms with Gasteiger partial charge in [0.2, 0.25) is 10.0 Å². The molecule has 1 aliphatic rings. The fourth-order valence-corrected chi connectivity index (χ4v) is 4.00. The van der Waals surface area contributed by atoms with E-state index in [9.17, 15) is 18.5 Å². The second-order valence-electron chi connectivity index (χ2n) is 6.29. The van der Waals surface area contributed by atoms with E-state index in [2.05, 4.69) is 9.62 Å². The van der Waals surface area contributed by atoms with E-state index in [1.165, 1.54) is 43.5 Å². The van der Waals surface area contributed by atoms with Crippen molar-refractivity contribution in [2.75, 3.05) is 18.0 Å². The first-order chi connectivity index (χ1) is 12.5. The average Bonchev–Trinajstić information content (AvgIpc) is 2.67. The average molecular weight is 375 g/mol. The zero-order valence-corrected chi connectivity index (χ0v) is 15.1. The van der Waals surface area contributed by atoms with E-state index in [1.807, 2.05) is 24.3 Å². The second kappa shape index (κ2) is 7.84. The van der Waals surface area contributed by atoms with Gasteiger partial charge in [0.1, 0.15) is 0 Å². The van der Waals surface area contributed by atoms with Crippen molar-refractivity contribution in [1.29, 1.82) is 0 Å². The van der Waals surface area contributed by atoms with Crippen molar-refractivity contribution < 1.29 is 13.3 Å². The summed E-state index contributed by atoms with van der Waals surface area (Å²) in [6.45, 7) is 2.29. The van der Waals surface area contributed by atoms with Gasteiger partial charge < -0.3 is 4.90 Å². The third kappa shape index (κ3) is 4.39. The minimum absolute atomic E-state index is 0.00744. The molecule has 2 aromatic rings. The number of nitro groups is 1. The van der Waals surface area contributed by atoms with E-state index in [0.717, 1.165) is 24.3 Å². The standard InChI is InChI=1S/C18H21N3O4S/c22-21(23)17-8-10-18(11-9-17)26(24,25)19-14-15-4-6-16(7-5-15)20-12-2-1-3-13-20/h4-11,19H,1-3,12-14H2. The van der Waals surface area contributed by atoms with Gasteiger partial charge in [0.25, 0.3) is 5.69 Å². The summed E-state index contributed by atoms with van der Waals surface area (Å²) in [6.07, 6.45) is 3.69. The predicted molar refractivity (Wildman–Crippen MR) is 99.6 cm³/mol. The van der Waals surface area contributed by atoms with Crippen LogP contribution in [-0.2, 0) is 16.6 Å². The van der Waals surface area contributed by atoms with Crippen LogP contribution in [0.4, 0.5) is 11.4 Å². The highest BCUT2D eigenvalue weighted by Crippen LogP contribution is 2.21. The smallest absolute Gasteiger partial charge is 0.269 e. The molecule has 26 heavy (non-hydrogen) atoms. The number of anilines is 1. The number of nitrogens with zero attached hydrogens (tertiary/aromatic N) is 2. The number of nitro benzene ring substituents is 1. The van der Waals surface area contributed by atoms with Crippen LogP contribution in [0.15, 0.2) is 53.4 Å². The Morgan fingerprint density at radius 1 is 0.962 bits per heavy atom. The lowest BCUT2D eigenvalue weighted by molar-refractivity contribution is -0.384. The van der Waals surface area contributed by atoms with E-state index in [1.54, 1.807) is 0 Å². The SMILES string of the molecule is O=[N+]([O-])c1ccc(S(=O)(=O)NCc2ccc(N3CCCCC3)cc2)cc1. The summed E-state index contributed by atoms with van der Waals surface area (Å²) in [5, 5.41) is 10.7. The van der Waals surface area contributed by atoms with Gasteiger partial charge in [-0.1, -0.05) is 12.1 Å². The molecule has 1 aliphatic heterocycles. The molecule has 1 heterocycles. The van der Waals surface area contributed by atoms with Crippen LogP contribution < -0.4 is 9.62 Å². The van der Waals surface area contributed by atoms with Crippen molar-refractivity contribution in [3.05, 3.63) is 64.2 Å². The number of piperidine rings is 1. The molecule has 0 radical (unpaired) electrons. The summed E-state index contributed by atoms with van der Waals surface area (Å²) < 4.78 is 27.2. The molecule has 0 aliphatic carbocycles. The molecule has 8 heteroatoms. The van der Waals surface area contributed by atoms with E-state index < -0.39 is 14.9 Å². The fourth-order valence-electron chi connectivity index (χ4n) is 2.99. The van der Waals surface area contributed by atoms with Crippen LogP contribution in [0.2, 0.25) is 0 Å². The summed E-state index contributed by atoms with van der Waals surface area (Å²) in [7, 11) is -3.71. The molecule has 7 nitrogen and oxygen atoms in total. The van der Waals surface area contributed by atoms with Gasteiger partial charge in [-0.15, -0.1) is 0 Å². The number of sulfonamides is 1. The number of benzene rings is 2. The Labute approximate surface area is 152 Å². The Morgan fingerprint density at radius 3 is 2.15 bits per heavy atom. The monoisotopic (exact) mass is 375 g/mol. The van der Waals surface area contributed by atoms with Crippen LogP contribution >= 0.6 is 0 Å². The molecular formula is C18H21N3O4S. The predicted octanol–water partition coefficient (Wildman–Crippen LogP) is 3.06. The maximum Gasteiger partial charge on any atom is 0.269 e. The van der Waals surface area contributed by atoms with Gasteiger partial charge in [0.05, 0.1) is 9.82 Å². The summed E-state index contributed by atoms with van der Waals surface area (Å²) in [4.78, 5) is 12.4. The second-order valence-corrected chi connectivity index (χ2v) is 8.06. The van der Waals surface area contributed by atoms with Gasteiger partial charge in [-0.05, 0) is 49.1 Å². The Hall–Kier alpha value is -2.45. The van der Waals surface area contributed by atoms with Crippen molar-refractivity contribution in [1.82, 2.24) is 4.72 Å². The first-order valence-electron chi connectivity index (χ1n) is 8.54. The maximum atomic E-state index is 12.3. The Morgan fingerprint density at radius 2 is 1.58 bits per heavy atom. The number of rotatable bonds is 6. The molecule has 0 bridgehead atoms. The molecule has 3 rings (SSSR count). The van der Waals surface area contributed by atoms with Crippen LogP contribution in [0, 0.1) is 10.1 Å². The molecular weight excluding hydrogens is 354 g/mol. The van der Waals surface area contributed by atoms with Crippen LogP contribution in [0.25, 0.3) is 0 Å². The quantitative estimate of drug-likeness (QED) is 0.619. The van der Waals surface area contributed by atoms with Crippen molar-refractivity contribution in [2.24, 2.45) is 0 Å². The molecule has 138 valence electrons. The topological polar surface area (TPSA) is 92.5 Å². The number of hydrogen-bond donors (Lipinski definition) is 1. The highest BCUT2D eigenvalue weighted by Gasteiger charge is 2.16. The zero-order valence-electron chi connectivity index (χ0n) is 14.3. The molecule has 0 aromatic heterocycles. The van der Waals surface area contributed by atoms with Crippen LogP contribution in [0.5, 0.6) is 0 Å². The summed E-state index contributed by atoms with van der Waals surface area (Å²) in [5.41, 5.74) is 1.88. The van der Waals surface area contributed by atoms with E-state index in [0.29, 0.717) is 0 Å². The normalized spacial score (nSPS) is 15.0. The van der Waals surface area contributed by atoms with Crippen LogP contribution in [0.1, 0.15) is 24.8 Å². The van der Waals surface area contributed by atoms with E-state index in [-0.39, 0.29) is 17.1 Å². The lowest BCUT2D eigenvalue weighted by Crippen LogP contribution is -2.29. The first-order valence-corrected chi connectivity index (χ1v) is 10.0. The highest BCUT2D eigenvalue weighted by atomic mass is 32.2. The van der Waals surface area contributed by atoms with E-state index >= 15 is 0 Å². The summed E-state index contributed by atoms with van der Waals surface area (Å²) in [6, 6.07) is 12.7. The molecule has 2 aromatic carbocycles. The van der Waals surface area contributed by atoms with Crippen LogP contribution in [0.3, 0.4) is 0 Å². The van der Waals surface area contributed by atoms with Crippen LogP contribution in [-0.4, -0.2) is 26.4 Å². The fraction of sp³-hybridized carbons (Fsp3) is 0.333. The van der Waals surface area contributed by atoms with Crippen molar-refractivity contribution in [3.63, 3.8) is 0 Å². The number of non-ortho nitro benzene ring substituents is 1. The molecule has 1 N–H and O–H groups in total. The molecule has 0 spiro atoms. The third-order valence-corrected chi connectivity index (χ3v) is 5.90. The molecule has 1 fully saturated rings. The lowest BCUT2D eigenvalue weighted by Gasteiger charge is -2.28. The van der Waals surface area contributed by atoms with Gasteiger partial charge in [0, 0.05) is 37.5 Å². The van der Waals surface area contributed by atoms with E-state index in [4.69, 9.17) is 0 Å². The Kier molecular flexibility index (Phi) is 5.53. The number of nitrogens with one attached hydrogen (secondary N) is 1. The first kappa shape index (κ1) is 18.3.